The van der Waals surface area contributed by atoms with Gasteiger partial charge in [-0.3, -0.25) is 9.59 Å². The van der Waals surface area contributed by atoms with Gasteiger partial charge in [0, 0.05) is 12.8 Å². The van der Waals surface area contributed by atoms with Gasteiger partial charge in [-0.05, 0) is 64.2 Å². The van der Waals surface area contributed by atoms with Gasteiger partial charge in [0.25, 0.3) is 0 Å². The third-order valence-electron chi connectivity index (χ3n) is 12.1. The molecule has 11 atom stereocenters. The van der Waals surface area contributed by atoms with Crippen molar-refractivity contribution in [3.63, 3.8) is 0 Å². The van der Waals surface area contributed by atoms with Crippen molar-refractivity contribution in [1.82, 2.24) is 0 Å². The molecule has 2 aliphatic heterocycles. The van der Waals surface area contributed by atoms with E-state index in [2.05, 4.69) is 50.3 Å². The SMILES string of the molecule is CCCC/C=C/CCCCCCCC(=O)OC[C@H](CO[C@H]1O[C@@H](CO[C@H]2O[C@@H](CO)[C@@H](O)C(O)C2O)[C@@H](O)C(O)C1O)OC(=O)CCCCCCCCCCC/C=C/C/C=C/CCCCC. The van der Waals surface area contributed by atoms with Gasteiger partial charge in [0.2, 0.25) is 0 Å². The van der Waals surface area contributed by atoms with E-state index < -0.39 is 92.7 Å². The minimum absolute atomic E-state index is 0.159. The second-order valence-electron chi connectivity index (χ2n) is 18.0. The van der Waals surface area contributed by atoms with Crippen LogP contribution >= 0.6 is 0 Å². The van der Waals surface area contributed by atoms with E-state index in [4.69, 9.17) is 28.4 Å². The quantitative estimate of drug-likeness (QED) is 0.0188. The fourth-order valence-electron chi connectivity index (χ4n) is 7.82. The zero-order chi connectivity index (χ0) is 48.2. The molecular formula is C51H90O15. The maximum absolute atomic E-state index is 13.0. The lowest BCUT2D eigenvalue weighted by Crippen LogP contribution is -2.61. The average molecular weight is 943 g/mol. The second-order valence-corrected chi connectivity index (χ2v) is 18.0. The Kier molecular flexibility index (Phi) is 35.0. The molecule has 15 heteroatoms. The Bertz CT molecular complexity index is 1290. The first kappa shape index (κ1) is 59.8. The van der Waals surface area contributed by atoms with Gasteiger partial charge in [-0.1, -0.05) is 140 Å². The van der Waals surface area contributed by atoms with Crippen molar-refractivity contribution in [2.75, 3.05) is 26.4 Å². The number of hydrogen-bond donors (Lipinski definition) is 7. The Morgan fingerprint density at radius 1 is 0.485 bits per heavy atom. The first-order valence-electron chi connectivity index (χ1n) is 25.6. The molecule has 2 fully saturated rings. The zero-order valence-corrected chi connectivity index (χ0v) is 40.4. The van der Waals surface area contributed by atoms with E-state index in [-0.39, 0.29) is 26.1 Å². The van der Waals surface area contributed by atoms with Crippen LogP contribution in [-0.2, 0) is 38.0 Å². The largest absolute Gasteiger partial charge is 0.462 e. The summed E-state index contributed by atoms with van der Waals surface area (Å²) < 4.78 is 33.5. The predicted octanol–water partition coefficient (Wildman–Crippen LogP) is 6.93. The maximum atomic E-state index is 13.0. The molecule has 384 valence electrons. The normalized spacial score (nSPS) is 26.4. The highest BCUT2D eigenvalue weighted by atomic mass is 16.7. The van der Waals surface area contributed by atoms with Gasteiger partial charge in [0.1, 0.15) is 55.4 Å². The number of rotatable bonds is 39. The Balaban J connectivity index is 1.80. The fourth-order valence-corrected chi connectivity index (χ4v) is 7.82. The van der Waals surface area contributed by atoms with E-state index in [1.807, 2.05) is 0 Å². The van der Waals surface area contributed by atoms with Crippen LogP contribution in [0, 0.1) is 0 Å². The number of aliphatic hydroxyl groups is 7. The molecular weight excluding hydrogens is 853 g/mol. The molecule has 0 aromatic heterocycles. The summed E-state index contributed by atoms with van der Waals surface area (Å²) in [5, 5.41) is 72.0. The van der Waals surface area contributed by atoms with Gasteiger partial charge < -0.3 is 64.2 Å². The number of unbranched alkanes of at least 4 members (excludes halogenated alkanes) is 19. The van der Waals surface area contributed by atoms with Crippen molar-refractivity contribution < 1.29 is 73.8 Å². The maximum Gasteiger partial charge on any atom is 0.306 e. The van der Waals surface area contributed by atoms with E-state index >= 15 is 0 Å². The van der Waals surface area contributed by atoms with Gasteiger partial charge in [-0.2, -0.15) is 0 Å². The third-order valence-corrected chi connectivity index (χ3v) is 12.1. The molecule has 7 N–H and O–H groups in total. The zero-order valence-electron chi connectivity index (χ0n) is 40.4. The molecule has 0 aliphatic carbocycles. The van der Waals surface area contributed by atoms with Crippen molar-refractivity contribution >= 4 is 11.9 Å². The molecule has 0 aromatic carbocycles. The Hall–Kier alpha value is -2.28. The number of ether oxygens (including phenoxy) is 6. The molecule has 15 nitrogen and oxygen atoms in total. The third kappa shape index (κ3) is 26.5. The molecule has 66 heavy (non-hydrogen) atoms. The van der Waals surface area contributed by atoms with Crippen LogP contribution in [-0.4, -0.2) is 142 Å². The fraction of sp³-hybridized carbons (Fsp3) is 0.843. The Labute approximate surface area is 395 Å². The molecule has 0 spiro atoms. The van der Waals surface area contributed by atoms with Crippen molar-refractivity contribution in [3.05, 3.63) is 36.5 Å². The minimum atomic E-state index is -1.77. The molecule has 2 aliphatic rings. The topological polar surface area (TPSA) is 231 Å². The molecule has 2 saturated heterocycles. The summed E-state index contributed by atoms with van der Waals surface area (Å²) in [5.41, 5.74) is 0. The highest BCUT2D eigenvalue weighted by Crippen LogP contribution is 2.26. The van der Waals surface area contributed by atoms with E-state index in [0.717, 1.165) is 77.0 Å². The smallest absolute Gasteiger partial charge is 0.306 e. The summed E-state index contributed by atoms with van der Waals surface area (Å²) in [5.74, 6) is -0.940. The molecule has 2 rings (SSSR count). The molecule has 0 radical (unpaired) electrons. The van der Waals surface area contributed by atoms with Crippen LogP contribution in [0.4, 0.5) is 0 Å². The number of carbonyl (C=O) groups is 2. The lowest BCUT2D eigenvalue weighted by Gasteiger charge is -2.42. The van der Waals surface area contributed by atoms with Crippen molar-refractivity contribution in [3.8, 4) is 0 Å². The highest BCUT2D eigenvalue weighted by molar-refractivity contribution is 5.70. The summed E-state index contributed by atoms with van der Waals surface area (Å²) in [7, 11) is 0. The van der Waals surface area contributed by atoms with Crippen LogP contribution in [0.25, 0.3) is 0 Å². The van der Waals surface area contributed by atoms with E-state index in [1.165, 1.54) is 64.2 Å². The van der Waals surface area contributed by atoms with Crippen LogP contribution in [0.2, 0.25) is 0 Å². The second kappa shape index (κ2) is 38.6. The lowest BCUT2D eigenvalue weighted by atomic mass is 9.98. The van der Waals surface area contributed by atoms with Crippen LogP contribution < -0.4 is 0 Å². The van der Waals surface area contributed by atoms with E-state index in [1.54, 1.807) is 0 Å². The molecule has 0 saturated carbocycles. The number of esters is 2. The van der Waals surface area contributed by atoms with Crippen LogP contribution in [0.15, 0.2) is 36.5 Å². The van der Waals surface area contributed by atoms with Crippen LogP contribution in [0.1, 0.15) is 181 Å². The number of allylic oxidation sites excluding steroid dienone is 6. The first-order chi connectivity index (χ1) is 32.0. The summed E-state index contributed by atoms with van der Waals surface area (Å²) in [6.07, 6.45) is 23.2. The van der Waals surface area contributed by atoms with E-state index in [0.29, 0.717) is 12.8 Å². The van der Waals surface area contributed by atoms with Crippen molar-refractivity contribution in [1.29, 1.82) is 0 Å². The predicted molar refractivity (Wildman–Crippen MR) is 252 cm³/mol. The average Bonchev–Trinajstić information content (AvgIpc) is 3.31. The van der Waals surface area contributed by atoms with Crippen LogP contribution in [0.3, 0.4) is 0 Å². The monoisotopic (exact) mass is 943 g/mol. The summed E-state index contributed by atoms with van der Waals surface area (Å²) in [6.45, 7) is 2.51. The lowest BCUT2D eigenvalue weighted by molar-refractivity contribution is -0.332. The van der Waals surface area contributed by atoms with Gasteiger partial charge in [-0.15, -0.1) is 0 Å². The molecule has 4 unspecified atom stereocenters. The van der Waals surface area contributed by atoms with Crippen molar-refractivity contribution in [2.24, 2.45) is 0 Å². The molecule has 0 aromatic rings. The van der Waals surface area contributed by atoms with Crippen LogP contribution in [0.5, 0.6) is 0 Å². The number of aliphatic hydroxyl groups excluding tert-OH is 7. The number of carbonyl (C=O) groups excluding carboxylic acids is 2. The summed E-state index contributed by atoms with van der Waals surface area (Å²) in [4.78, 5) is 25.7. The highest BCUT2D eigenvalue weighted by Gasteiger charge is 2.47. The Morgan fingerprint density at radius 3 is 1.47 bits per heavy atom. The summed E-state index contributed by atoms with van der Waals surface area (Å²) >= 11 is 0. The Morgan fingerprint density at radius 2 is 0.924 bits per heavy atom. The molecule has 2 heterocycles. The first-order valence-corrected chi connectivity index (χ1v) is 25.6. The van der Waals surface area contributed by atoms with Gasteiger partial charge >= 0.3 is 11.9 Å². The standard InChI is InChI=1S/C51H90O15/c1-3-5-7-9-11-13-15-16-17-18-19-20-21-22-24-26-28-30-32-34-43(54)64-39(36-61-42(53)33-31-29-27-25-23-14-12-10-8-6-4-2)37-62-50-49(60)47(58)45(56)41(66-50)38-63-51-48(59)46(57)44(55)40(35-52)65-51/h10-13,16-17,39-41,44-52,55-60H,3-9,14-15,18-38H2,1-2H3/b12-10+,13-11+,17-16+/t39-,40+,41+,44-,45-,46?,47?,48?,49?,50+,51+/m1/s1. The van der Waals surface area contributed by atoms with Gasteiger partial charge in [0.15, 0.2) is 18.7 Å². The minimum Gasteiger partial charge on any atom is -0.462 e. The molecule has 0 amide bonds. The summed E-state index contributed by atoms with van der Waals surface area (Å²) in [6, 6.07) is 0. The number of hydrogen-bond acceptors (Lipinski definition) is 15. The van der Waals surface area contributed by atoms with Crippen molar-refractivity contribution in [2.45, 2.75) is 248 Å². The van der Waals surface area contributed by atoms with Gasteiger partial charge in [-0.25, -0.2) is 0 Å². The molecule has 0 bridgehead atoms. The van der Waals surface area contributed by atoms with E-state index in [9.17, 15) is 45.3 Å². The van der Waals surface area contributed by atoms with Gasteiger partial charge in [0.05, 0.1) is 19.8 Å².